The van der Waals surface area contributed by atoms with Crippen LogP contribution in [0.1, 0.15) is 30.1 Å². The van der Waals surface area contributed by atoms with Crippen LogP contribution >= 0.6 is 0 Å². The van der Waals surface area contributed by atoms with Crippen molar-refractivity contribution in [2.24, 2.45) is 5.41 Å². The third-order valence-corrected chi connectivity index (χ3v) is 3.74. The molecule has 21 heavy (non-hydrogen) atoms. The molecule has 0 atom stereocenters. The van der Waals surface area contributed by atoms with E-state index in [2.05, 4.69) is 10.6 Å². The van der Waals surface area contributed by atoms with Gasteiger partial charge in [0.1, 0.15) is 5.69 Å². The van der Waals surface area contributed by atoms with E-state index < -0.39 is 4.92 Å². The largest absolute Gasteiger partial charge is 0.396 e. The molecule has 1 aliphatic rings. The molecule has 1 aromatic rings. The first-order chi connectivity index (χ1) is 10.0. The molecule has 7 heteroatoms. The summed E-state index contributed by atoms with van der Waals surface area (Å²) in [6.45, 7) is 2.82. The summed E-state index contributed by atoms with van der Waals surface area (Å²) in [7, 11) is 0. The summed E-state index contributed by atoms with van der Waals surface area (Å²) in [5.41, 5.74) is 0.439. The predicted octanol–water partition coefficient (Wildman–Crippen LogP) is 1.53. The molecule has 1 fully saturated rings. The van der Waals surface area contributed by atoms with Gasteiger partial charge in [-0.05, 0) is 31.9 Å². The van der Waals surface area contributed by atoms with Gasteiger partial charge in [0.25, 0.3) is 11.6 Å². The van der Waals surface area contributed by atoms with Gasteiger partial charge < -0.3 is 15.7 Å². The molecule has 0 aromatic heterocycles. The molecule has 7 nitrogen and oxygen atoms in total. The van der Waals surface area contributed by atoms with Crippen LogP contribution in [-0.2, 0) is 0 Å². The number of carbonyl (C=O) groups excluding carboxylic acids is 1. The van der Waals surface area contributed by atoms with Gasteiger partial charge in [-0.3, -0.25) is 14.9 Å². The van der Waals surface area contributed by atoms with Gasteiger partial charge in [-0.25, -0.2) is 0 Å². The van der Waals surface area contributed by atoms with Crippen LogP contribution < -0.4 is 10.6 Å². The normalized spacial score (nSPS) is 15.3. The Labute approximate surface area is 122 Å². The van der Waals surface area contributed by atoms with E-state index in [1.165, 1.54) is 18.2 Å². The Kier molecular flexibility index (Phi) is 4.42. The van der Waals surface area contributed by atoms with Gasteiger partial charge in [-0.1, -0.05) is 0 Å². The Hall–Kier alpha value is -2.15. The van der Waals surface area contributed by atoms with Crippen LogP contribution in [-0.4, -0.2) is 35.6 Å². The second kappa shape index (κ2) is 6.09. The van der Waals surface area contributed by atoms with Crippen molar-refractivity contribution in [3.05, 3.63) is 33.9 Å². The quantitative estimate of drug-likeness (QED) is 0.522. The number of aliphatic hydroxyl groups excluding tert-OH is 1. The molecule has 0 bridgehead atoms. The first kappa shape index (κ1) is 15.2. The molecular formula is C14H19N3O4. The van der Waals surface area contributed by atoms with E-state index in [9.17, 15) is 20.0 Å². The first-order valence-corrected chi connectivity index (χ1v) is 6.93. The van der Waals surface area contributed by atoms with Crippen molar-refractivity contribution in [1.29, 1.82) is 0 Å². The molecule has 1 aliphatic carbocycles. The van der Waals surface area contributed by atoms with E-state index in [4.69, 9.17) is 0 Å². The standard InChI is InChI=1S/C14H19N3O4/c1-2-15-13(19)10-3-4-12(17(20)21)11(7-10)16-8-14(9-18)5-6-14/h3-4,7,16,18H,2,5-6,8-9H2,1H3,(H,15,19). The predicted molar refractivity (Wildman–Crippen MR) is 78.3 cm³/mol. The van der Waals surface area contributed by atoms with Crippen LogP contribution in [0, 0.1) is 15.5 Å². The SMILES string of the molecule is CCNC(=O)c1ccc([N+](=O)[O-])c(NCC2(CO)CC2)c1. The molecule has 0 heterocycles. The van der Waals surface area contributed by atoms with Gasteiger partial charge in [0.2, 0.25) is 0 Å². The molecule has 0 saturated heterocycles. The smallest absolute Gasteiger partial charge is 0.292 e. The van der Waals surface area contributed by atoms with Gasteiger partial charge >= 0.3 is 0 Å². The number of rotatable bonds is 7. The molecular weight excluding hydrogens is 274 g/mol. The maximum absolute atomic E-state index is 11.8. The van der Waals surface area contributed by atoms with Gasteiger partial charge in [0.15, 0.2) is 0 Å². The topological polar surface area (TPSA) is 104 Å². The number of nitrogens with one attached hydrogen (secondary N) is 2. The lowest BCUT2D eigenvalue weighted by atomic mass is 10.1. The molecule has 2 rings (SSSR count). The fraction of sp³-hybridized carbons (Fsp3) is 0.500. The molecule has 1 amide bonds. The van der Waals surface area contributed by atoms with Crippen LogP contribution in [0.3, 0.4) is 0 Å². The average Bonchev–Trinajstić information content (AvgIpc) is 3.25. The third-order valence-electron chi connectivity index (χ3n) is 3.74. The fourth-order valence-corrected chi connectivity index (χ4v) is 2.09. The van der Waals surface area contributed by atoms with Crippen molar-refractivity contribution in [2.45, 2.75) is 19.8 Å². The number of amides is 1. The average molecular weight is 293 g/mol. The zero-order valence-electron chi connectivity index (χ0n) is 11.9. The Morgan fingerprint density at radius 1 is 1.48 bits per heavy atom. The summed E-state index contributed by atoms with van der Waals surface area (Å²) in [6, 6.07) is 4.25. The fourth-order valence-electron chi connectivity index (χ4n) is 2.09. The zero-order valence-corrected chi connectivity index (χ0v) is 11.9. The van der Waals surface area contributed by atoms with Crippen LogP contribution in [0.2, 0.25) is 0 Å². The lowest BCUT2D eigenvalue weighted by Gasteiger charge is -2.14. The maximum Gasteiger partial charge on any atom is 0.292 e. The highest BCUT2D eigenvalue weighted by molar-refractivity contribution is 5.95. The zero-order chi connectivity index (χ0) is 15.5. The van der Waals surface area contributed by atoms with E-state index in [-0.39, 0.29) is 23.6 Å². The van der Waals surface area contributed by atoms with Crippen molar-refractivity contribution >= 4 is 17.3 Å². The molecule has 0 aliphatic heterocycles. The monoisotopic (exact) mass is 293 g/mol. The van der Waals surface area contributed by atoms with Gasteiger partial charge in [-0.15, -0.1) is 0 Å². The summed E-state index contributed by atoms with van der Waals surface area (Å²) in [4.78, 5) is 22.4. The van der Waals surface area contributed by atoms with E-state index in [0.717, 1.165) is 12.8 Å². The molecule has 0 unspecified atom stereocenters. The number of nitrogens with zero attached hydrogens (tertiary/aromatic N) is 1. The van der Waals surface area contributed by atoms with Crippen molar-refractivity contribution < 1.29 is 14.8 Å². The van der Waals surface area contributed by atoms with Gasteiger partial charge in [0.05, 0.1) is 11.5 Å². The Balaban J connectivity index is 2.20. The summed E-state index contributed by atoms with van der Waals surface area (Å²) in [6.07, 6.45) is 1.81. The number of nitro groups is 1. The van der Waals surface area contributed by atoms with Crippen molar-refractivity contribution in [3.63, 3.8) is 0 Å². The molecule has 0 spiro atoms. The van der Waals surface area contributed by atoms with Crippen LogP contribution in [0.5, 0.6) is 0 Å². The van der Waals surface area contributed by atoms with Crippen molar-refractivity contribution in [3.8, 4) is 0 Å². The molecule has 3 N–H and O–H groups in total. The number of nitro benzene ring substituents is 1. The minimum Gasteiger partial charge on any atom is -0.396 e. The number of hydrogen-bond donors (Lipinski definition) is 3. The van der Waals surface area contributed by atoms with Crippen molar-refractivity contribution in [2.75, 3.05) is 25.0 Å². The molecule has 1 saturated carbocycles. The first-order valence-electron chi connectivity index (χ1n) is 6.93. The number of hydrogen-bond acceptors (Lipinski definition) is 5. The van der Waals surface area contributed by atoms with Crippen LogP contribution in [0.15, 0.2) is 18.2 Å². The minimum absolute atomic E-state index is 0.0593. The Morgan fingerprint density at radius 3 is 2.71 bits per heavy atom. The number of carbonyl (C=O) groups is 1. The molecule has 0 radical (unpaired) electrons. The Bertz CT molecular complexity index is 555. The molecule has 1 aromatic carbocycles. The Morgan fingerprint density at radius 2 is 2.19 bits per heavy atom. The van der Waals surface area contributed by atoms with Crippen LogP contribution in [0.4, 0.5) is 11.4 Å². The van der Waals surface area contributed by atoms with E-state index in [1.807, 2.05) is 0 Å². The van der Waals surface area contributed by atoms with Crippen molar-refractivity contribution in [1.82, 2.24) is 5.32 Å². The molecule has 114 valence electrons. The van der Waals surface area contributed by atoms with Crippen LogP contribution in [0.25, 0.3) is 0 Å². The minimum atomic E-state index is -0.484. The summed E-state index contributed by atoms with van der Waals surface area (Å²) in [5.74, 6) is -0.265. The maximum atomic E-state index is 11.8. The van der Waals surface area contributed by atoms with E-state index >= 15 is 0 Å². The summed E-state index contributed by atoms with van der Waals surface area (Å²) >= 11 is 0. The highest BCUT2D eigenvalue weighted by Gasteiger charge is 2.42. The van der Waals surface area contributed by atoms with Gasteiger partial charge in [-0.2, -0.15) is 0 Å². The second-order valence-corrected chi connectivity index (χ2v) is 5.36. The number of aliphatic hydroxyl groups is 1. The summed E-state index contributed by atoms with van der Waals surface area (Å²) in [5, 5.41) is 26.0. The third kappa shape index (κ3) is 3.49. The highest BCUT2D eigenvalue weighted by Crippen LogP contribution is 2.45. The second-order valence-electron chi connectivity index (χ2n) is 5.36. The number of anilines is 1. The van der Waals surface area contributed by atoms with Gasteiger partial charge in [0, 0.05) is 30.1 Å². The highest BCUT2D eigenvalue weighted by atomic mass is 16.6. The van der Waals surface area contributed by atoms with E-state index in [1.54, 1.807) is 6.92 Å². The lowest BCUT2D eigenvalue weighted by Crippen LogP contribution is -2.23. The van der Waals surface area contributed by atoms with E-state index in [0.29, 0.717) is 24.3 Å². The lowest BCUT2D eigenvalue weighted by molar-refractivity contribution is -0.384. The number of benzene rings is 1. The summed E-state index contributed by atoms with van der Waals surface area (Å²) < 4.78 is 0.